The predicted octanol–water partition coefficient (Wildman–Crippen LogP) is 5.08. The zero-order chi connectivity index (χ0) is 28.8. The third kappa shape index (κ3) is 8.52. The molecule has 208 valence electrons. The van der Waals surface area contributed by atoms with Gasteiger partial charge in [0.15, 0.2) is 0 Å². The second kappa shape index (κ2) is 11.9. The van der Waals surface area contributed by atoms with E-state index in [9.17, 15) is 24.5 Å². The summed E-state index contributed by atoms with van der Waals surface area (Å²) in [5, 5.41) is 22.0. The van der Waals surface area contributed by atoms with Crippen LogP contribution in [0.1, 0.15) is 53.0 Å². The summed E-state index contributed by atoms with van der Waals surface area (Å²) in [6, 6.07) is 12.1. The molecular weight excluding hydrogens is 506 g/mol. The number of alkyl carbamates (subject to hydrolysis) is 1. The number of nitrogens with zero attached hydrogens (tertiary/aromatic N) is 3. The fourth-order valence-corrected chi connectivity index (χ4v) is 3.75. The SMILES string of the molecule is CC(C)(C)OC(=O)NCCCN1N=C(c2ccc(NC(=O)Oc3ccc([N+](=O)[O-])cc3)cc2)CC(C)(C)C1=O. The van der Waals surface area contributed by atoms with E-state index >= 15 is 0 Å². The minimum absolute atomic E-state index is 0.101. The molecule has 2 aromatic rings. The summed E-state index contributed by atoms with van der Waals surface area (Å²) in [7, 11) is 0. The Balaban J connectivity index is 1.59. The molecule has 1 aliphatic heterocycles. The van der Waals surface area contributed by atoms with Crippen LogP contribution in [0.25, 0.3) is 0 Å². The first kappa shape index (κ1) is 29.1. The Morgan fingerprint density at radius 3 is 2.31 bits per heavy atom. The maximum atomic E-state index is 12.9. The summed E-state index contributed by atoms with van der Waals surface area (Å²) in [5.74, 6) is 0.0651. The maximum Gasteiger partial charge on any atom is 0.417 e. The van der Waals surface area contributed by atoms with Gasteiger partial charge in [0.05, 0.1) is 16.0 Å². The van der Waals surface area contributed by atoms with Crippen LogP contribution in [0.4, 0.5) is 21.0 Å². The molecule has 12 nitrogen and oxygen atoms in total. The molecule has 0 unspecified atom stereocenters. The number of nitrogens with one attached hydrogen (secondary N) is 2. The topological polar surface area (TPSA) is 152 Å². The zero-order valence-corrected chi connectivity index (χ0v) is 22.6. The predicted molar refractivity (Wildman–Crippen MR) is 145 cm³/mol. The third-order valence-electron chi connectivity index (χ3n) is 5.60. The van der Waals surface area contributed by atoms with Crippen molar-refractivity contribution < 1.29 is 28.8 Å². The number of nitro groups is 1. The van der Waals surface area contributed by atoms with E-state index in [1.54, 1.807) is 45.0 Å². The van der Waals surface area contributed by atoms with E-state index in [4.69, 9.17) is 9.47 Å². The monoisotopic (exact) mass is 539 g/mol. The Morgan fingerprint density at radius 2 is 1.72 bits per heavy atom. The van der Waals surface area contributed by atoms with Crippen LogP contribution in [0.5, 0.6) is 5.75 Å². The van der Waals surface area contributed by atoms with Gasteiger partial charge in [0.25, 0.3) is 5.69 Å². The van der Waals surface area contributed by atoms with Gasteiger partial charge in [0, 0.05) is 37.3 Å². The molecule has 1 heterocycles. The van der Waals surface area contributed by atoms with Crippen LogP contribution in [0, 0.1) is 15.5 Å². The highest BCUT2D eigenvalue weighted by molar-refractivity contribution is 6.06. The lowest BCUT2D eigenvalue weighted by Crippen LogP contribution is -2.45. The summed E-state index contributed by atoms with van der Waals surface area (Å²) >= 11 is 0. The van der Waals surface area contributed by atoms with Gasteiger partial charge in [-0.05, 0) is 57.0 Å². The van der Waals surface area contributed by atoms with E-state index in [2.05, 4.69) is 15.7 Å². The number of rotatable bonds is 8. The molecule has 0 radical (unpaired) electrons. The lowest BCUT2D eigenvalue weighted by Gasteiger charge is -2.34. The van der Waals surface area contributed by atoms with Crippen LogP contribution < -0.4 is 15.4 Å². The van der Waals surface area contributed by atoms with Crippen LogP contribution in [-0.2, 0) is 9.53 Å². The number of anilines is 1. The van der Waals surface area contributed by atoms with E-state index in [0.717, 1.165) is 11.3 Å². The van der Waals surface area contributed by atoms with Crippen molar-refractivity contribution in [2.75, 3.05) is 18.4 Å². The number of hydrazone groups is 1. The molecule has 0 saturated heterocycles. The fourth-order valence-electron chi connectivity index (χ4n) is 3.75. The lowest BCUT2D eigenvalue weighted by molar-refractivity contribution is -0.384. The first-order valence-corrected chi connectivity index (χ1v) is 12.4. The molecule has 3 rings (SSSR count). The van der Waals surface area contributed by atoms with Gasteiger partial charge in [0.1, 0.15) is 11.4 Å². The molecule has 3 amide bonds. The number of carbonyl (C=O) groups is 3. The van der Waals surface area contributed by atoms with Crippen molar-refractivity contribution in [2.45, 2.75) is 53.1 Å². The lowest BCUT2D eigenvalue weighted by atomic mass is 9.82. The van der Waals surface area contributed by atoms with Gasteiger partial charge < -0.3 is 14.8 Å². The van der Waals surface area contributed by atoms with Gasteiger partial charge >= 0.3 is 12.2 Å². The number of amides is 3. The largest absolute Gasteiger partial charge is 0.444 e. The van der Waals surface area contributed by atoms with Crippen molar-refractivity contribution in [3.63, 3.8) is 0 Å². The molecule has 2 N–H and O–H groups in total. The number of carbonyl (C=O) groups excluding carboxylic acids is 3. The van der Waals surface area contributed by atoms with Gasteiger partial charge in [-0.2, -0.15) is 5.10 Å². The number of ether oxygens (including phenoxy) is 2. The first-order chi connectivity index (χ1) is 18.2. The van der Waals surface area contributed by atoms with Gasteiger partial charge in [-0.1, -0.05) is 26.0 Å². The molecule has 1 aliphatic rings. The van der Waals surface area contributed by atoms with Crippen LogP contribution in [0.2, 0.25) is 0 Å². The van der Waals surface area contributed by atoms with Crippen molar-refractivity contribution in [3.05, 3.63) is 64.2 Å². The van der Waals surface area contributed by atoms with Crippen LogP contribution in [0.15, 0.2) is 53.6 Å². The smallest absolute Gasteiger partial charge is 0.417 e. The number of hydrogen-bond acceptors (Lipinski definition) is 8. The second-order valence-corrected chi connectivity index (χ2v) is 10.7. The third-order valence-corrected chi connectivity index (χ3v) is 5.60. The summed E-state index contributed by atoms with van der Waals surface area (Å²) in [5.41, 5.74) is 0.629. The first-order valence-electron chi connectivity index (χ1n) is 12.4. The normalized spacial score (nSPS) is 14.7. The Hall–Kier alpha value is -4.48. The highest BCUT2D eigenvalue weighted by atomic mass is 16.6. The maximum absolute atomic E-state index is 12.9. The van der Waals surface area contributed by atoms with E-state index in [-0.39, 0.29) is 17.3 Å². The van der Waals surface area contributed by atoms with Gasteiger partial charge in [-0.15, -0.1) is 0 Å². The van der Waals surface area contributed by atoms with Gasteiger partial charge in [0.2, 0.25) is 5.91 Å². The van der Waals surface area contributed by atoms with Gasteiger partial charge in [-0.25, -0.2) is 14.6 Å². The van der Waals surface area contributed by atoms with Crippen molar-refractivity contribution in [1.29, 1.82) is 0 Å². The van der Waals surface area contributed by atoms with Crippen LogP contribution in [0.3, 0.4) is 0 Å². The molecular formula is C27H33N5O7. The van der Waals surface area contributed by atoms with E-state index in [0.29, 0.717) is 31.6 Å². The molecule has 0 aliphatic carbocycles. The molecule has 12 heteroatoms. The summed E-state index contributed by atoms with van der Waals surface area (Å²) < 4.78 is 10.4. The van der Waals surface area contributed by atoms with Crippen LogP contribution in [-0.4, -0.2) is 52.4 Å². The van der Waals surface area contributed by atoms with E-state index < -0.39 is 28.1 Å². The van der Waals surface area contributed by atoms with Crippen molar-refractivity contribution in [3.8, 4) is 5.75 Å². The molecule has 0 saturated carbocycles. The Bertz CT molecular complexity index is 1250. The van der Waals surface area contributed by atoms with E-state index in [1.165, 1.54) is 29.3 Å². The van der Waals surface area contributed by atoms with Crippen LogP contribution >= 0.6 is 0 Å². The molecule has 0 spiro atoms. The summed E-state index contributed by atoms with van der Waals surface area (Å²) in [6.45, 7) is 9.74. The second-order valence-electron chi connectivity index (χ2n) is 10.7. The zero-order valence-electron chi connectivity index (χ0n) is 22.6. The highest BCUT2D eigenvalue weighted by Crippen LogP contribution is 2.31. The molecule has 0 aromatic heterocycles. The molecule has 39 heavy (non-hydrogen) atoms. The standard InChI is InChI=1S/C27H33N5O7/c1-26(2,3)39-24(34)28-15-6-16-31-23(33)27(4,5)17-22(30-31)18-7-9-19(10-8-18)29-25(35)38-21-13-11-20(12-14-21)32(36)37/h7-14H,6,15-17H2,1-5H3,(H,28,34)(H,29,35). The Kier molecular flexibility index (Phi) is 8.89. The number of hydrogen-bond donors (Lipinski definition) is 2. The number of benzene rings is 2. The number of non-ortho nitro benzene ring substituents is 1. The summed E-state index contributed by atoms with van der Waals surface area (Å²) in [6.07, 6.45) is -0.322. The van der Waals surface area contributed by atoms with Gasteiger partial charge in [-0.3, -0.25) is 20.2 Å². The van der Waals surface area contributed by atoms with E-state index in [1.807, 2.05) is 13.8 Å². The average Bonchev–Trinajstić information content (AvgIpc) is 2.83. The van der Waals surface area contributed by atoms with Crippen molar-refractivity contribution in [1.82, 2.24) is 10.3 Å². The molecule has 2 aromatic carbocycles. The molecule has 0 atom stereocenters. The minimum Gasteiger partial charge on any atom is -0.444 e. The summed E-state index contributed by atoms with van der Waals surface area (Å²) in [4.78, 5) is 47.2. The quantitative estimate of drug-likeness (QED) is 0.269. The van der Waals surface area contributed by atoms with Crippen molar-refractivity contribution in [2.24, 2.45) is 10.5 Å². The van der Waals surface area contributed by atoms with Crippen molar-refractivity contribution >= 4 is 35.2 Å². The Morgan fingerprint density at radius 1 is 1.08 bits per heavy atom. The molecule has 0 fully saturated rings. The number of nitro benzene ring substituents is 1. The minimum atomic E-state index is -0.746. The highest BCUT2D eigenvalue weighted by Gasteiger charge is 2.37. The fraction of sp³-hybridized carbons (Fsp3) is 0.407. The average molecular weight is 540 g/mol. The Labute approximate surface area is 226 Å². The molecule has 0 bridgehead atoms.